The van der Waals surface area contributed by atoms with E-state index in [1.165, 1.54) is 23.4 Å². The third-order valence-corrected chi connectivity index (χ3v) is 12.9. The molecule has 0 radical (unpaired) electrons. The van der Waals surface area contributed by atoms with E-state index in [2.05, 4.69) is 24.6 Å². The maximum absolute atomic E-state index is 15.1. The van der Waals surface area contributed by atoms with E-state index < -0.39 is 33.4 Å². The molecule has 1 saturated carbocycles. The smallest absolute Gasteiger partial charge is 0.243 e. The van der Waals surface area contributed by atoms with Crippen LogP contribution in [-0.2, 0) is 24.4 Å². The van der Waals surface area contributed by atoms with E-state index in [0.717, 1.165) is 36.8 Å². The summed E-state index contributed by atoms with van der Waals surface area (Å²) < 4.78 is 52.0. The molecule has 2 aromatic carbocycles. The number of oxime groups is 1. The number of hydrogen-bond donors (Lipinski definition) is 3. The highest BCUT2D eigenvalue weighted by Crippen LogP contribution is 2.62. The van der Waals surface area contributed by atoms with Gasteiger partial charge in [-0.25, -0.2) is 8.42 Å². The molecule has 1 aliphatic heterocycles. The van der Waals surface area contributed by atoms with Crippen molar-refractivity contribution in [1.29, 1.82) is 0 Å². The number of fused-ring (bicyclic) bond motifs is 2. The number of aliphatic hydroxyl groups is 2. The molecular weight excluding hydrogens is 759 g/mol. The zero-order valence-electron chi connectivity index (χ0n) is 34.8. The molecule has 6 atom stereocenters. The zero-order valence-corrected chi connectivity index (χ0v) is 35.6. The van der Waals surface area contributed by atoms with Gasteiger partial charge in [-0.3, -0.25) is 4.79 Å². The van der Waals surface area contributed by atoms with Crippen LogP contribution in [0.4, 0.5) is 5.69 Å². The summed E-state index contributed by atoms with van der Waals surface area (Å²) in [6.45, 7) is 17.6. The average molecular weight is 822 g/mol. The molecule has 2 aliphatic carbocycles. The topological polar surface area (TPSA) is 156 Å². The van der Waals surface area contributed by atoms with E-state index in [-0.39, 0.29) is 61.3 Å². The highest BCUT2D eigenvalue weighted by atomic mass is 32.2. The lowest BCUT2D eigenvalue weighted by molar-refractivity contribution is -0.251. The predicted octanol–water partition coefficient (Wildman–Crippen LogP) is 7.74. The number of carbonyl (C=O) groups is 1. The molecule has 6 unspecified atom stereocenters. The Morgan fingerprint density at radius 3 is 2.34 bits per heavy atom. The lowest BCUT2D eigenvalue weighted by atomic mass is 9.55. The number of hydrogen-bond acceptors (Lipinski definition) is 10. The van der Waals surface area contributed by atoms with Gasteiger partial charge in [-0.2, -0.15) is 4.31 Å². The average Bonchev–Trinajstić information content (AvgIpc) is 3.18. The number of rotatable bonds is 21. The number of benzene rings is 2. The van der Waals surface area contributed by atoms with Gasteiger partial charge >= 0.3 is 0 Å². The number of allylic oxidation sites excluding steroid dienone is 1. The molecule has 1 heterocycles. The molecule has 3 N–H and O–H groups in total. The third kappa shape index (κ3) is 10.0. The van der Waals surface area contributed by atoms with Crippen molar-refractivity contribution in [2.45, 2.75) is 114 Å². The van der Waals surface area contributed by atoms with Gasteiger partial charge < -0.3 is 34.6 Å². The van der Waals surface area contributed by atoms with Crippen molar-refractivity contribution < 1.29 is 42.5 Å². The van der Waals surface area contributed by atoms with E-state index in [1.54, 1.807) is 24.3 Å². The van der Waals surface area contributed by atoms with Crippen LogP contribution in [0, 0.1) is 17.8 Å². The van der Waals surface area contributed by atoms with Gasteiger partial charge in [0.15, 0.2) is 0 Å². The van der Waals surface area contributed by atoms with Crippen LogP contribution < -0.4 is 14.8 Å². The van der Waals surface area contributed by atoms with Crippen LogP contribution in [-0.4, -0.2) is 85.0 Å². The first kappa shape index (κ1) is 45.1. The molecule has 0 bridgehead atoms. The first-order valence-corrected chi connectivity index (χ1v) is 22.1. The van der Waals surface area contributed by atoms with Gasteiger partial charge in [0, 0.05) is 50.3 Å². The Kier molecular flexibility index (Phi) is 15.4. The van der Waals surface area contributed by atoms with Crippen LogP contribution >= 0.6 is 0 Å². The highest BCUT2D eigenvalue weighted by molar-refractivity contribution is 7.89. The predicted molar refractivity (Wildman–Crippen MR) is 226 cm³/mol. The van der Waals surface area contributed by atoms with Gasteiger partial charge in [0.25, 0.3) is 0 Å². The minimum atomic E-state index is -4.22. The number of unbranched alkanes of at least 4 members (excludes halogenated alkanes) is 2. The standard InChI is InChI=1S/C45H63N3O9S/c1-8-23-48(58(52,53)35-20-17-33(18-21-35)46-31(4)51)41-30-39(47-57-44(5,6)7)37-28-32(15-11-13-24-49)36(16-12-14-25-50)42-38-29-34(54-26-9-2)19-22-40(38)56-45(41,43(37)42)55-27-10-3/h9-10,17-22,28-29,32,36,41-43,49-50H,2-3,8,11-16,23-27,30H2,1,4-7H3,(H,46,51). The highest BCUT2D eigenvalue weighted by Gasteiger charge is 2.66. The summed E-state index contributed by atoms with van der Waals surface area (Å²) in [6.07, 6.45) is 10.7. The van der Waals surface area contributed by atoms with Crippen molar-refractivity contribution in [1.82, 2.24) is 4.31 Å². The summed E-state index contributed by atoms with van der Waals surface area (Å²) in [5.41, 5.74) is 2.27. The maximum Gasteiger partial charge on any atom is 0.243 e. The molecule has 5 rings (SSSR count). The molecule has 1 fully saturated rings. The quantitative estimate of drug-likeness (QED) is 0.0652. The van der Waals surface area contributed by atoms with Crippen LogP contribution in [0.2, 0.25) is 0 Å². The number of nitrogens with zero attached hydrogens (tertiary/aromatic N) is 2. The molecule has 0 aromatic heterocycles. The summed E-state index contributed by atoms with van der Waals surface area (Å²) >= 11 is 0. The Morgan fingerprint density at radius 1 is 1.03 bits per heavy atom. The van der Waals surface area contributed by atoms with Crippen molar-refractivity contribution in [3.63, 3.8) is 0 Å². The normalized spacial score (nSPS) is 24.6. The van der Waals surface area contributed by atoms with Crippen LogP contribution in [0.3, 0.4) is 0 Å². The summed E-state index contributed by atoms with van der Waals surface area (Å²) in [6, 6.07) is 11.0. The number of carbonyl (C=O) groups excluding carboxylic acids is 1. The van der Waals surface area contributed by atoms with Crippen LogP contribution in [0.5, 0.6) is 11.5 Å². The lowest BCUT2D eigenvalue weighted by Crippen LogP contribution is -2.70. The van der Waals surface area contributed by atoms with Crippen molar-refractivity contribution in [2.24, 2.45) is 22.9 Å². The largest absolute Gasteiger partial charge is 0.490 e. The molecule has 0 spiro atoms. The Balaban J connectivity index is 1.82. The van der Waals surface area contributed by atoms with Gasteiger partial charge in [-0.05, 0) is 113 Å². The molecule has 3 aliphatic rings. The van der Waals surface area contributed by atoms with Gasteiger partial charge in [0.1, 0.15) is 23.7 Å². The number of amides is 1. The van der Waals surface area contributed by atoms with E-state index in [0.29, 0.717) is 48.8 Å². The minimum absolute atomic E-state index is 0.0177. The Hall–Kier alpha value is -4.01. The third-order valence-electron chi connectivity index (χ3n) is 11.0. The Bertz CT molecular complexity index is 1910. The van der Waals surface area contributed by atoms with E-state index in [9.17, 15) is 15.0 Å². The van der Waals surface area contributed by atoms with Gasteiger partial charge in [-0.1, -0.05) is 49.7 Å². The molecule has 318 valence electrons. The number of nitrogens with one attached hydrogen (secondary N) is 1. The first-order chi connectivity index (χ1) is 27.7. The van der Waals surface area contributed by atoms with Crippen LogP contribution in [0.1, 0.15) is 97.5 Å². The molecule has 2 aromatic rings. The maximum atomic E-state index is 15.1. The summed E-state index contributed by atoms with van der Waals surface area (Å²) in [4.78, 5) is 18.0. The monoisotopic (exact) mass is 821 g/mol. The SMILES string of the molecule is C=CCOc1ccc2c(c1)C1C(CCCCO)C(CCCCO)C=C3C(=NOC(C)(C)C)CC(N(CCC)S(=O)(=O)c4ccc(NC(C)=O)cc4)C(OCC=C)(O2)C31. The minimum Gasteiger partial charge on any atom is -0.490 e. The summed E-state index contributed by atoms with van der Waals surface area (Å²) in [5.74, 6) is -1.33. The molecule has 12 nitrogen and oxygen atoms in total. The lowest BCUT2D eigenvalue weighted by Gasteiger charge is -2.59. The molecule has 1 amide bonds. The van der Waals surface area contributed by atoms with Gasteiger partial charge in [0.2, 0.25) is 21.7 Å². The number of aliphatic hydroxyl groups excluding tert-OH is 2. The second kappa shape index (κ2) is 19.8. The number of anilines is 1. The fraction of sp³-hybridized carbons (Fsp3) is 0.556. The molecular formula is C45H63N3O9S. The van der Waals surface area contributed by atoms with E-state index in [1.807, 2.05) is 45.9 Å². The van der Waals surface area contributed by atoms with Crippen LogP contribution in [0.25, 0.3) is 0 Å². The second-order valence-electron chi connectivity index (χ2n) is 16.4. The second-order valence-corrected chi connectivity index (χ2v) is 18.3. The molecule has 0 saturated heterocycles. The Morgan fingerprint density at radius 2 is 1.72 bits per heavy atom. The van der Waals surface area contributed by atoms with Crippen molar-refractivity contribution in [3.05, 3.63) is 85.0 Å². The summed E-state index contributed by atoms with van der Waals surface area (Å²) in [5, 5.41) is 27.3. The van der Waals surface area contributed by atoms with E-state index in [4.69, 9.17) is 24.2 Å². The fourth-order valence-corrected chi connectivity index (χ4v) is 10.5. The number of ether oxygens (including phenoxy) is 3. The van der Waals surface area contributed by atoms with E-state index >= 15 is 8.42 Å². The van der Waals surface area contributed by atoms with Crippen LogP contribution in [0.15, 0.2) is 89.5 Å². The van der Waals surface area contributed by atoms with Crippen molar-refractivity contribution in [3.8, 4) is 11.5 Å². The first-order valence-electron chi connectivity index (χ1n) is 20.6. The van der Waals surface area contributed by atoms with Gasteiger partial charge in [0.05, 0.1) is 29.2 Å². The van der Waals surface area contributed by atoms with Crippen molar-refractivity contribution >= 4 is 27.3 Å². The fourth-order valence-electron chi connectivity index (χ4n) is 8.77. The van der Waals surface area contributed by atoms with Crippen molar-refractivity contribution in [2.75, 3.05) is 38.3 Å². The summed E-state index contributed by atoms with van der Waals surface area (Å²) in [7, 11) is -4.22. The molecule has 58 heavy (non-hydrogen) atoms. The molecule has 13 heteroatoms. The zero-order chi connectivity index (χ0) is 42.1. The Labute approximate surface area is 345 Å². The number of sulfonamides is 1. The van der Waals surface area contributed by atoms with Gasteiger partial charge in [-0.15, -0.1) is 6.58 Å².